The van der Waals surface area contributed by atoms with Crippen molar-refractivity contribution in [1.29, 1.82) is 5.26 Å². The zero-order chi connectivity index (χ0) is 24.2. The maximum absolute atomic E-state index is 13.1. The van der Waals surface area contributed by atoms with E-state index in [1.807, 2.05) is 59.5 Å². The summed E-state index contributed by atoms with van der Waals surface area (Å²) in [6.07, 6.45) is 0.403. The average molecular weight is 453 g/mol. The largest absolute Gasteiger partial charge is 0.351 e. The molecule has 0 bridgehead atoms. The highest BCUT2D eigenvalue weighted by atomic mass is 16.2. The van der Waals surface area contributed by atoms with Crippen LogP contribution in [-0.2, 0) is 11.2 Å². The zero-order valence-electron chi connectivity index (χ0n) is 20.4. The number of anilines is 1. The number of carbonyl (C=O) groups excluding carboxylic acids is 1. The summed E-state index contributed by atoms with van der Waals surface area (Å²) in [6.45, 7) is 9.73. The van der Waals surface area contributed by atoms with Gasteiger partial charge in [0, 0.05) is 30.7 Å². The van der Waals surface area contributed by atoms with Crippen LogP contribution >= 0.6 is 0 Å². The number of rotatable bonds is 5. The van der Waals surface area contributed by atoms with Crippen molar-refractivity contribution in [3.05, 3.63) is 83.6 Å². The number of pyridine rings is 1. The summed E-state index contributed by atoms with van der Waals surface area (Å²) in [5.41, 5.74) is 4.67. The molecule has 0 unspecified atom stereocenters. The number of hydrogen-bond donors (Lipinski definition) is 0. The Hall–Kier alpha value is -3.65. The van der Waals surface area contributed by atoms with Gasteiger partial charge in [-0.05, 0) is 37.0 Å². The summed E-state index contributed by atoms with van der Waals surface area (Å²) in [7, 11) is 0. The van der Waals surface area contributed by atoms with E-state index in [1.165, 1.54) is 0 Å². The fraction of sp³-hybridized carbons (Fsp3) is 0.345. The van der Waals surface area contributed by atoms with E-state index >= 15 is 0 Å². The first-order valence-electron chi connectivity index (χ1n) is 12.0. The van der Waals surface area contributed by atoms with Gasteiger partial charge in [-0.2, -0.15) is 5.26 Å². The van der Waals surface area contributed by atoms with Gasteiger partial charge in [-0.3, -0.25) is 4.79 Å². The molecule has 2 heterocycles. The van der Waals surface area contributed by atoms with E-state index in [0.29, 0.717) is 25.1 Å². The quantitative estimate of drug-likeness (QED) is 0.519. The summed E-state index contributed by atoms with van der Waals surface area (Å²) < 4.78 is 0. The van der Waals surface area contributed by atoms with E-state index in [1.54, 1.807) is 0 Å². The Morgan fingerprint density at radius 1 is 1.03 bits per heavy atom. The Bertz CT molecular complexity index is 1170. The van der Waals surface area contributed by atoms with Gasteiger partial charge in [0.25, 0.3) is 0 Å². The molecular formula is C29H32N4O. The fourth-order valence-electron chi connectivity index (χ4n) is 4.98. The molecule has 1 aromatic heterocycles. The predicted molar refractivity (Wildman–Crippen MR) is 137 cm³/mol. The van der Waals surface area contributed by atoms with Gasteiger partial charge in [0.05, 0.1) is 17.7 Å². The summed E-state index contributed by atoms with van der Waals surface area (Å²) in [4.78, 5) is 22.4. The molecule has 4 rings (SSSR count). The number of benzene rings is 2. The highest BCUT2D eigenvalue weighted by Crippen LogP contribution is 2.34. The smallest absolute Gasteiger partial charge is 0.227 e. The molecule has 1 aliphatic heterocycles. The molecule has 2 aromatic carbocycles. The molecule has 1 amide bonds. The molecule has 0 N–H and O–H groups in total. The first-order chi connectivity index (χ1) is 16.4. The Morgan fingerprint density at radius 2 is 1.62 bits per heavy atom. The van der Waals surface area contributed by atoms with Gasteiger partial charge < -0.3 is 9.80 Å². The van der Waals surface area contributed by atoms with Crippen LogP contribution in [0, 0.1) is 11.3 Å². The average Bonchev–Trinajstić information content (AvgIpc) is 2.83. The highest BCUT2D eigenvalue weighted by Gasteiger charge is 2.34. The van der Waals surface area contributed by atoms with Crippen LogP contribution < -0.4 is 4.90 Å². The number of aromatic nitrogens is 1. The maximum Gasteiger partial charge on any atom is 0.227 e. The van der Waals surface area contributed by atoms with Crippen molar-refractivity contribution in [2.24, 2.45) is 0 Å². The molecule has 1 fully saturated rings. The van der Waals surface area contributed by atoms with Crippen LogP contribution in [0.3, 0.4) is 0 Å². The fourth-order valence-corrected chi connectivity index (χ4v) is 4.98. The van der Waals surface area contributed by atoms with Crippen molar-refractivity contribution in [2.45, 2.75) is 52.1 Å². The second-order valence-corrected chi connectivity index (χ2v) is 9.49. The predicted octanol–water partition coefficient (Wildman–Crippen LogP) is 5.41. The monoisotopic (exact) mass is 452 g/mol. The second-order valence-electron chi connectivity index (χ2n) is 9.49. The van der Waals surface area contributed by atoms with Crippen LogP contribution in [0.2, 0.25) is 0 Å². The maximum atomic E-state index is 13.1. The molecule has 1 saturated heterocycles. The van der Waals surface area contributed by atoms with Gasteiger partial charge in [0.1, 0.15) is 11.9 Å². The molecule has 1 aliphatic rings. The molecule has 5 nitrogen and oxygen atoms in total. The number of nitriles is 1. The van der Waals surface area contributed by atoms with E-state index in [2.05, 4.69) is 50.8 Å². The molecule has 0 aliphatic carbocycles. The molecule has 3 aromatic rings. The lowest BCUT2D eigenvalue weighted by Gasteiger charge is -2.45. The van der Waals surface area contributed by atoms with Gasteiger partial charge in [-0.1, -0.05) is 74.5 Å². The molecule has 174 valence electrons. The van der Waals surface area contributed by atoms with Crippen LogP contribution in [0.5, 0.6) is 0 Å². The SMILES string of the molecule is CC(C)c1nc(N2C[C@@H](C)N(C(=O)Cc3ccccc3)[C@@H](C)C2)c(C#N)cc1-c1ccccc1. The Labute approximate surface area is 202 Å². The number of amides is 1. The first-order valence-corrected chi connectivity index (χ1v) is 12.0. The van der Waals surface area contributed by atoms with Crippen molar-refractivity contribution in [2.75, 3.05) is 18.0 Å². The summed E-state index contributed by atoms with van der Waals surface area (Å²) in [5, 5.41) is 10.0. The normalized spacial score (nSPS) is 18.1. The molecular weight excluding hydrogens is 420 g/mol. The van der Waals surface area contributed by atoms with Crippen molar-refractivity contribution in [3.8, 4) is 17.2 Å². The molecule has 0 radical (unpaired) electrons. The van der Waals surface area contributed by atoms with E-state index in [4.69, 9.17) is 4.98 Å². The lowest BCUT2D eigenvalue weighted by atomic mass is 9.95. The minimum Gasteiger partial charge on any atom is -0.351 e. The van der Waals surface area contributed by atoms with Crippen LogP contribution in [0.25, 0.3) is 11.1 Å². The number of piperazine rings is 1. The van der Waals surface area contributed by atoms with Crippen LogP contribution in [-0.4, -0.2) is 41.0 Å². The number of carbonyl (C=O) groups is 1. The number of nitrogens with zero attached hydrogens (tertiary/aromatic N) is 4. The van der Waals surface area contributed by atoms with Crippen LogP contribution in [0.4, 0.5) is 5.82 Å². The van der Waals surface area contributed by atoms with Crippen molar-refractivity contribution >= 4 is 11.7 Å². The van der Waals surface area contributed by atoms with E-state index in [-0.39, 0.29) is 23.9 Å². The number of hydrogen-bond acceptors (Lipinski definition) is 4. The van der Waals surface area contributed by atoms with Gasteiger partial charge in [0.15, 0.2) is 0 Å². The van der Waals surface area contributed by atoms with Crippen molar-refractivity contribution in [3.63, 3.8) is 0 Å². The van der Waals surface area contributed by atoms with Crippen molar-refractivity contribution < 1.29 is 4.79 Å². The van der Waals surface area contributed by atoms with Crippen molar-refractivity contribution in [1.82, 2.24) is 9.88 Å². The molecule has 2 atom stereocenters. The minimum absolute atomic E-state index is 0.0182. The highest BCUT2D eigenvalue weighted by molar-refractivity contribution is 5.80. The van der Waals surface area contributed by atoms with Crippen LogP contribution in [0.1, 0.15) is 50.4 Å². The molecule has 0 saturated carbocycles. The second kappa shape index (κ2) is 10.1. The molecule has 0 spiro atoms. The Morgan fingerprint density at radius 3 is 2.18 bits per heavy atom. The van der Waals surface area contributed by atoms with Gasteiger partial charge >= 0.3 is 0 Å². The summed E-state index contributed by atoms with van der Waals surface area (Å²) >= 11 is 0. The van der Waals surface area contributed by atoms with E-state index in [9.17, 15) is 10.1 Å². The van der Waals surface area contributed by atoms with E-state index < -0.39 is 0 Å². The van der Waals surface area contributed by atoms with Gasteiger partial charge in [0.2, 0.25) is 5.91 Å². The topological polar surface area (TPSA) is 60.2 Å². The lowest BCUT2D eigenvalue weighted by molar-refractivity contribution is -0.135. The van der Waals surface area contributed by atoms with E-state index in [0.717, 1.165) is 28.2 Å². The Balaban J connectivity index is 1.62. The molecule has 5 heteroatoms. The molecule has 34 heavy (non-hydrogen) atoms. The van der Waals surface area contributed by atoms with Crippen LogP contribution in [0.15, 0.2) is 66.7 Å². The first kappa shape index (κ1) is 23.5. The van der Waals surface area contributed by atoms with Gasteiger partial charge in [-0.15, -0.1) is 0 Å². The summed E-state index contributed by atoms with van der Waals surface area (Å²) in [5.74, 6) is 1.08. The third-order valence-electron chi connectivity index (χ3n) is 6.49. The van der Waals surface area contributed by atoms with Gasteiger partial charge in [-0.25, -0.2) is 4.98 Å². The lowest BCUT2D eigenvalue weighted by Crippen LogP contribution is -2.59. The standard InChI is InChI=1S/C29H32N4O/c1-20(2)28-26(24-13-9-6-10-14-24)16-25(17-30)29(31-28)32-18-21(3)33(22(4)19-32)27(34)15-23-11-7-5-8-12-23/h5-14,16,20-22H,15,18-19H2,1-4H3/t21-,22+. The summed E-state index contributed by atoms with van der Waals surface area (Å²) in [6, 6.07) is 24.4. The zero-order valence-corrected chi connectivity index (χ0v) is 20.4. The third kappa shape index (κ3) is 4.82. The Kier molecular flexibility index (Phi) is 6.98. The third-order valence-corrected chi connectivity index (χ3v) is 6.49. The minimum atomic E-state index is 0.0182.